The predicted molar refractivity (Wildman–Crippen MR) is 90.6 cm³/mol. The first-order valence-electron chi connectivity index (χ1n) is 9.16. The van der Waals surface area contributed by atoms with Crippen molar-refractivity contribution in [2.75, 3.05) is 32.7 Å². The number of alkyl halides is 4. The van der Waals surface area contributed by atoms with Crippen LogP contribution in [0.3, 0.4) is 0 Å². The second-order valence-corrected chi connectivity index (χ2v) is 7.91. The van der Waals surface area contributed by atoms with E-state index in [2.05, 4.69) is 15.6 Å². The molecule has 2 amide bonds. The summed E-state index contributed by atoms with van der Waals surface area (Å²) in [5.41, 5.74) is 5.25. The summed E-state index contributed by atoms with van der Waals surface area (Å²) in [5.74, 6) is -0.146. The van der Waals surface area contributed by atoms with Gasteiger partial charge >= 0.3 is 6.36 Å². The summed E-state index contributed by atoms with van der Waals surface area (Å²) in [4.78, 5) is 28.1. The third-order valence-electron chi connectivity index (χ3n) is 5.43. The molecule has 2 saturated heterocycles. The molecule has 3 aliphatic rings. The zero-order chi connectivity index (χ0) is 19.6. The molecular formula is C16H24ClF3N4O3. The Labute approximate surface area is 160 Å². The molecule has 11 heteroatoms. The lowest BCUT2D eigenvalue weighted by Gasteiger charge is -2.42. The Morgan fingerprint density at radius 2 is 1.85 bits per heavy atom. The number of nitrogens with zero attached hydrogens (tertiary/aromatic N) is 2. The van der Waals surface area contributed by atoms with Crippen molar-refractivity contribution in [3.05, 3.63) is 0 Å². The van der Waals surface area contributed by atoms with Crippen molar-refractivity contribution in [3.63, 3.8) is 0 Å². The molecule has 2 aliphatic heterocycles. The number of carbonyl (C=O) groups is 2. The van der Waals surface area contributed by atoms with Crippen LogP contribution in [0.5, 0.6) is 0 Å². The number of amides is 2. The van der Waals surface area contributed by atoms with Gasteiger partial charge in [0.25, 0.3) is 5.91 Å². The summed E-state index contributed by atoms with van der Waals surface area (Å²) in [6.07, 6.45) is -3.47. The molecule has 2 N–H and O–H groups in total. The summed E-state index contributed by atoms with van der Waals surface area (Å²) < 4.78 is 41.0. The van der Waals surface area contributed by atoms with E-state index in [9.17, 15) is 22.8 Å². The fourth-order valence-corrected chi connectivity index (χ4v) is 4.42. The van der Waals surface area contributed by atoms with E-state index < -0.39 is 23.9 Å². The Morgan fingerprint density at radius 1 is 1.15 bits per heavy atom. The van der Waals surface area contributed by atoms with Crippen molar-refractivity contribution in [2.24, 2.45) is 5.92 Å². The Balaban J connectivity index is 1.46. The number of halogens is 4. The van der Waals surface area contributed by atoms with Crippen LogP contribution in [-0.4, -0.2) is 78.2 Å². The molecule has 2 atom stereocenters. The highest BCUT2D eigenvalue weighted by atomic mass is 35.5. The predicted octanol–water partition coefficient (Wildman–Crippen LogP) is 0.836. The molecule has 27 heavy (non-hydrogen) atoms. The van der Waals surface area contributed by atoms with Crippen LogP contribution in [0.2, 0.25) is 0 Å². The van der Waals surface area contributed by atoms with Crippen molar-refractivity contribution in [1.29, 1.82) is 0 Å². The lowest BCUT2D eigenvalue weighted by atomic mass is 9.87. The molecule has 3 fully saturated rings. The smallest absolute Gasteiger partial charge is 0.340 e. The molecule has 0 radical (unpaired) electrons. The molecule has 0 aromatic heterocycles. The maximum absolute atomic E-state index is 12.5. The van der Waals surface area contributed by atoms with Crippen LogP contribution < -0.4 is 10.9 Å². The van der Waals surface area contributed by atoms with Crippen LogP contribution in [0, 0.1) is 5.92 Å². The molecule has 1 saturated carbocycles. The van der Waals surface area contributed by atoms with E-state index in [4.69, 9.17) is 11.6 Å². The van der Waals surface area contributed by atoms with Crippen LogP contribution in [-0.2, 0) is 14.3 Å². The number of piperazine rings is 1. The lowest BCUT2D eigenvalue weighted by Crippen LogP contribution is -2.66. The first-order chi connectivity index (χ1) is 12.7. The van der Waals surface area contributed by atoms with Gasteiger partial charge in [-0.15, -0.1) is 24.8 Å². The lowest BCUT2D eigenvalue weighted by molar-refractivity contribution is -0.345. The zero-order valence-corrected chi connectivity index (χ0v) is 15.6. The Morgan fingerprint density at radius 3 is 2.44 bits per heavy atom. The van der Waals surface area contributed by atoms with Crippen molar-refractivity contribution < 1.29 is 27.5 Å². The third kappa shape index (κ3) is 5.46. The number of ether oxygens (including phenoxy) is 1. The molecule has 3 rings (SSSR count). The minimum absolute atomic E-state index is 0.0786. The van der Waals surface area contributed by atoms with Crippen molar-refractivity contribution in [2.45, 2.75) is 49.6 Å². The van der Waals surface area contributed by atoms with Gasteiger partial charge in [-0.2, -0.15) is 0 Å². The average molecular weight is 413 g/mol. The number of hydrazine groups is 1. The van der Waals surface area contributed by atoms with Gasteiger partial charge in [0.1, 0.15) is 6.04 Å². The molecule has 154 valence electrons. The molecule has 0 aromatic carbocycles. The molecule has 7 nitrogen and oxygen atoms in total. The van der Waals surface area contributed by atoms with Gasteiger partial charge in [0.05, 0.1) is 18.0 Å². The summed E-state index contributed by atoms with van der Waals surface area (Å²) in [6.45, 7) is 2.11. The number of nitrogens with one attached hydrogen (secondary N) is 2. The molecule has 0 spiro atoms. The summed E-state index contributed by atoms with van der Waals surface area (Å²) in [6, 6.07) is -0.547. The Hall–Kier alpha value is -1.10. The van der Waals surface area contributed by atoms with Gasteiger partial charge in [-0.25, -0.2) is 5.43 Å². The number of rotatable bonds is 4. The summed E-state index contributed by atoms with van der Waals surface area (Å²) >= 11 is 6.23. The molecule has 0 aromatic rings. The normalized spacial score (nSPS) is 33.9. The van der Waals surface area contributed by atoms with E-state index in [1.54, 1.807) is 9.80 Å². The van der Waals surface area contributed by atoms with Gasteiger partial charge < -0.3 is 4.90 Å². The molecule has 1 aliphatic carbocycles. The number of hydrogen-bond acceptors (Lipinski definition) is 5. The highest BCUT2D eigenvalue weighted by Crippen LogP contribution is 2.31. The van der Waals surface area contributed by atoms with Crippen LogP contribution in [0.4, 0.5) is 13.2 Å². The van der Waals surface area contributed by atoms with Crippen molar-refractivity contribution in [3.8, 4) is 0 Å². The van der Waals surface area contributed by atoms with Crippen LogP contribution in [0.25, 0.3) is 0 Å². The van der Waals surface area contributed by atoms with Gasteiger partial charge in [0, 0.05) is 26.2 Å². The molecule has 0 bridgehead atoms. The number of carbonyl (C=O) groups excluding carboxylic acids is 2. The van der Waals surface area contributed by atoms with E-state index in [1.807, 2.05) is 0 Å². The standard InChI is InChI=1S/C16H24ClF3N4O3/c17-12-7-21-22-15(26)14(12)24-6-5-23(13(25)9-24)8-10-1-3-11(4-2-10)27-16(18,19)20/h10-12,14,21H,1-9H2,(H,22,26). The van der Waals surface area contributed by atoms with Gasteiger partial charge in [-0.3, -0.25) is 24.7 Å². The highest BCUT2D eigenvalue weighted by molar-refractivity contribution is 6.23. The maximum atomic E-state index is 12.5. The average Bonchev–Trinajstić information content (AvgIpc) is 2.57. The van der Waals surface area contributed by atoms with E-state index in [0.717, 1.165) is 0 Å². The quantitative estimate of drug-likeness (QED) is 0.669. The van der Waals surface area contributed by atoms with Gasteiger partial charge in [-0.05, 0) is 31.6 Å². The first-order valence-corrected chi connectivity index (χ1v) is 9.59. The topological polar surface area (TPSA) is 73.9 Å². The fraction of sp³-hybridized carbons (Fsp3) is 0.875. The van der Waals surface area contributed by atoms with Crippen molar-refractivity contribution >= 4 is 23.4 Å². The summed E-state index contributed by atoms with van der Waals surface area (Å²) in [5, 5.41) is -0.415. The first kappa shape index (κ1) is 20.6. The third-order valence-corrected chi connectivity index (χ3v) is 5.83. The zero-order valence-electron chi connectivity index (χ0n) is 14.8. The SMILES string of the molecule is O=C1NNCC(Cl)C1N1CCN(CC2CCC(OC(F)(F)F)CC2)C(=O)C1. The van der Waals surface area contributed by atoms with E-state index >= 15 is 0 Å². The minimum Gasteiger partial charge on any atom is -0.340 e. The fourth-order valence-electron chi connectivity index (χ4n) is 4.07. The maximum Gasteiger partial charge on any atom is 0.522 e. The van der Waals surface area contributed by atoms with E-state index in [0.29, 0.717) is 51.9 Å². The Kier molecular flexibility index (Phi) is 6.50. The van der Waals surface area contributed by atoms with Crippen LogP contribution in [0.1, 0.15) is 25.7 Å². The minimum atomic E-state index is -4.59. The largest absolute Gasteiger partial charge is 0.522 e. The van der Waals surface area contributed by atoms with E-state index in [1.165, 1.54) is 0 Å². The van der Waals surface area contributed by atoms with E-state index in [-0.39, 0.29) is 24.3 Å². The van der Waals surface area contributed by atoms with Gasteiger partial charge in [-0.1, -0.05) is 0 Å². The van der Waals surface area contributed by atoms with Crippen LogP contribution >= 0.6 is 11.6 Å². The van der Waals surface area contributed by atoms with Crippen LogP contribution in [0.15, 0.2) is 0 Å². The molecule has 2 heterocycles. The van der Waals surface area contributed by atoms with Gasteiger partial charge in [0.15, 0.2) is 0 Å². The number of hydrogen-bond donors (Lipinski definition) is 2. The second-order valence-electron chi connectivity index (χ2n) is 7.35. The monoisotopic (exact) mass is 412 g/mol. The van der Waals surface area contributed by atoms with Crippen molar-refractivity contribution in [1.82, 2.24) is 20.7 Å². The van der Waals surface area contributed by atoms with Gasteiger partial charge in [0.2, 0.25) is 5.91 Å². The Bertz CT molecular complexity index is 558. The molecule has 2 unspecified atom stereocenters. The molecular weight excluding hydrogens is 389 g/mol. The summed E-state index contributed by atoms with van der Waals surface area (Å²) in [7, 11) is 0. The highest BCUT2D eigenvalue weighted by Gasteiger charge is 2.40. The second kappa shape index (κ2) is 8.50.